The van der Waals surface area contributed by atoms with Gasteiger partial charge in [0, 0.05) is 17.6 Å². The highest BCUT2D eigenvalue weighted by atomic mass is 79.9. The molecule has 0 aliphatic carbocycles. The highest BCUT2D eigenvalue weighted by molar-refractivity contribution is 9.10. The molecule has 0 bridgehead atoms. The zero-order valence-electron chi connectivity index (χ0n) is 9.33. The van der Waals surface area contributed by atoms with E-state index in [9.17, 15) is 12.8 Å². The van der Waals surface area contributed by atoms with Crippen LogP contribution in [0.15, 0.2) is 27.6 Å². The maximum absolute atomic E-state index is 13.4. The molecule has 1 aromatic carbocycles. The molecular formula is C10H14BrFN2O2S. The summed E-state index contributed by atoms with van der Waals surface area (Å²) in [5.41, 5.74) is 0. The van der Waals surface area contributed by atoms with E-state index in [4.69, 9.17) is 0 Å². The average Bonchev–Trinajstić information content (AvgIpc) is 2.28. The van der Waals surface area contributed by atoms with E-state index in [1.807, 2.05) is 6.92 Å². The van der Waals surface area contributed by atoms with Gasteiger partial charge in [-0.05, 0) is 24.7 Å². The normalized spacial score (nSPS) is 11.7. The second-order valence-electron chi connectivity index (χ2n) is 3.33. The molecule has 2 N–H and O–H groups in total. The summed E-state index contributed by atoms with van der Waals surface area (Å²) >= 11 is 3.11. The summed E-state index contributed by atoms with van der Waals surface area (Å²) < 4.78 is 39.8. The fraction of sp³-hybridized carbons (Fsp3) is 0.400. The quantitative estimate of drug-likeness (QED) is 0.779. The van der Waals surface area contributed by atoms with Crippen molar-refractivity contribution in [2.24, 2.45) is 0 Å². The highest BCUT2D eigenvalue weighted by Crippen LogP contribution is 2.19. The van der Waals surface area contributed by atoms with Gasteiger partial charge in [0.05, 0.1) is 0 Å². The minimum atomic E-state index is -3.79. The van der Waals surface area contributed by atoms with Gasteiger partial charge in [-0.2, -0.15) is 0 Å². The van der Waals surface area contributed by atoms with E-state index in [0.717, 1.165) is 12.6 Å². The molecule has 96 valence electrons. The summed E-state index contributed by atoms with van der Waals surface area (Å²) in [6, 6.07) is 3.81. The predicted molar refractivity (Wildman–Crippen MR) is 67.8 cm³/mol. The third-order valence-corrected chi connectivity index (χ3v) is 4.00. The maximum Gasteiger partial charge on any atom is 0.243 e. The summed E-state index contributed by atoms with van der Waals surface area (Å²) in [5, 5.41) is 2.97. The first-order chi connectivity index (χ1) is 7.97. The van der Waals surface area contributed by atoms with Gasteiger partial charge >= 0.3 is 0 Å². The van der Waals surface area contributed by atoms with Crippen LogP contribution in [0.3, 0.4) is 0 Å². The Morgan fingerprint density at radius 3 is 2.71 bits per heavy atom. The van der Waals surface area contributed by atoms with Gasteiger partial charge in [-0.15, -0.1) is 0 Å². The lowest BCUT2D eigenvalue weighted by Gasteiger charge is -2.08. The van der Waals surface area contributed by atoms with Gasteiger partial charge in [-0.25, -0.2) is 17.5 Å². The molecule has 0 unspecified atom stereocenters. The fourth-order valence-corrected chi connectivity index (χ4v) is 2.86. The van der Waals surface area contributed by atoms with Crippen LogP contribution in [-0.4, -0.2) is 28.1 Å². The summed E-state index contributed by atoms with van der Waals surface area (Å²) in [4.78, 5) is -0.344. The Balaban J connectivity index is 2.79. The molecule has 0 amide bonds. The van der Waals surface area contributed by atoms with Gasteiger partial charge in [0.15, 0.2) is 0 Å². The molecule has 0 aliphatic rings. The summed E-state index contributed by atoms with van der Waals surface area (Å²) in [6.07, 6.45) is 0. The number of halogens is 2. The zero-order valence-corrected chi connectivity index (χ0v) is 11.7. The van der Waals surface area contributed by atoms with Crippen molar-refractivity contribution in [1.82, 2.24) is 10.0 Å². The summed E-state index contributed by atoms with van der Waals surface area (Å²) in [6.45, 7) is 3.41. The van der Waals surface area contributed by atoms with Gasteiger partial charge < -0.3 is 5.32 Å². The topological polar surface area (TPSA) is 58.2 Å². The third-order valence-electron chi connectivity index (χ3n) is 2.03. The Bertz CT molecular complexity index is 479. The van der Waals surface area contributed by atoms with Crippen LogP contribution < -0.4 is 10.0 Å². The Hall–Kier alpha value is -0.500. The Kier molecular flexibility index (Phi) is 5.51. The van der Waals surface area contributed by atoms with E-state index >= 15 is 0 Å². The molecule has 0 fully saturated rings. The maximum atomic E-state index is 13.4. The standard InChI is InChI=1S/C10H14BrFN2O2S/c1-2-13-5-6-14-17(15,16)10-7-8(11)3-4-9(10)12/h3-4,7,13-14H,2,5-6H2,1H3. The minimum absolute atomic E-state index is 0.224. The lowest BCUT2D eigenvalue weighted by atomic mass is 10.3. The smallest absolute Gasteiger partial charge is 0.243 e. The first kappa shape index (κ1) is 14.6. The van der Waals surface area contributed by atoms with Gasteiger partial charge in [-0.1, -0.05) is 22.9 Å². The van der Waals surface area contributed by atoms with E-state index in [2.05, 4.69) is 26.0 Å². The minimum Gasteiger partial charge on any atom is -0.316 e. The lowest BCUT2D eigenvalue weighted by molar-refractivity contribution is 0.554. The van der Waals surface area contributed by atoms with Gasteiger partial charge in [-0.3, -0.25) is 0 Å². The number of nitrogens with one attached hydrogen (secondary N) is 2. The molecule has 0 saturated heterocycles. The van der Waals surface area contributed by atoms with Crippen molar-refractivity contribution in [2.75, 3.05) is 19.6 Å². The Labute approximate surface area is 109 Å². The molecule has 7 heteroatoms. The van der Waals surface area contributed by atoms with Crippen LogP contribution in [0.1, 0.15) is 6.92 Å². The van der Waals surface area contributed by atoms with E-state index in [1.54, 1.807) is 0 Å². The van der Waals surface area contributed by atoms with Gasteiger partial charge in [0.1, 0.15) is 10.7 Å². The van der Waals surface area contributed by atoms with Crippen LogP contribution >= 0.6 is 15.9 Å². The molecule has 0 atom stereocenters. The monoisotopic (exact) mass is 324 g/mol. The third kappa shape index (κ3) is 4.34. The average molecular weight is 325 g/mol. The molecule has 1 aromatic rings. The number of sulfonamides is 1. The number of benzene rings is 1. The van der Waals surface area contributed by atoms with Crippen molar-refractivity contribution in [3.63, 3.8) is 0 Å². The largest absolute Gasteiger partial charge is 0.316 e. The van der Waals surface area contributed by atoms with E-state index in [1.165, 1.54) is 12.1 Å². The van der Waals surface area contributed by atoms with Crippen LogP contribution in [0, 0.1) is 5.82 Å². The second-order valence-corrected chi connectivity index (χ2v) is 5.98. The van der Waals surface area contributed by atoms with Crippen LogP contribution in [-0.2, 0) is 10.0 Å². The second kappa shape index (κ2) is 6.44. The van der Waals surface area contributed by atoms with Crippen molar-refractivity contribution in [3.8, 4) is 0 Å². The molecule has 17 heavy (non-hydrogen) atoms. The van der Waals surface area contributed by atoms with Crippen molar-refractivity contribution in [1.29, 1.82) is 0 Å². The molecule has 0 spiro atoms. The molecule has 4 nitrogen and oxygen atoms in total. The Morgan fingerprint density at radius 1 is 1.35 bits per heavy atom. The molecule has 0 saturated carbocycles. The summed E-state index contributed by atoms with van der Waals surface area (Å²) in [7, 11) is -3.79. The number of hydrogen-bond acceptors (Lipinski definition) is 3. The van der Waals surface area contributed by atoms with Crippen molar-refractivity contribution in [3.05, 3.63) is 28.5 Å². The van der Waals surface area contributed by atoms with Crippen molar-refractivity contribution < 1.29 is 12.8 Å². The molecular weight excluding hydrogens is 311 g/mol. The Morgan fingerprint density at radius 2 is 2.06 bits per heavy atom. The van der Waals surface area contributed by atoms with Crippen molar-refractivity contribution >= 4 is 26.0 Å². The first-order valence-corrected chi connectivity index (χ1v) is 7.40. The van der Waals surface area contributed by atoms with Crippen LogP contribution in [0.2, 0.25) is 0 Å². The van der Waals surface area contributed by atoms with Crippen LogP contribution in [0.25, 0.3) is 0 Å². The van der Waals surface area contributed by atoms with Crippen LogP contribution in [0.4, 0.5) is 4.39 Å². The fourth-order valence-electron chi connectivity index (χ4n) is 1.21. The predicted octanol–water partition coefficient (Wildman–Crippen LogP) is 1.48. The van der Waals surface area contributed by atoms with E-state index in [0.29, 0.717) is 11.0 Å². The van der Waals surface area contributed by atoms with Crippen molar-refractivity contribution in [2.45, 2.75) is 11.8 Å². The molecule has 0 heterocycles. The number of likely N-dealkylation sites (N-methyl/N-ethyl adjacent to an activating group) is 1. The van der Waals surface area contributed by atoms with E-state index in [-0.39, 0.29) is 11.4 Å². The summed E-state index contributed by atoms with van der Waals surface area (Å²) in [5.74, 6) is -0.760. The molecule has 1 rings (SSSR count). The zero-order chi connectivity index (χ0) is 12.9. The molecule has 0 radical (unpaired) electrons. The SMILES string of the molecule is CCNCCNS(=O)(=O)c1cc(Br)ccc1F. The molecule has 0 aromatic heterocycles. The van der Waals surface area contributed by atoms with Gasteiger partial charge in [0.2, 0.25) is 10.0 Å². The molecule has 0 aliphatic heterocycles. The first-order valence-electron chi connectivity index (χ1n) is 5.13. The number of rotatable bonds is 6. The van der Waals surface area contributed by atoms with Crippen LogP contribution in [0.5, 0.6) is 0 Å². The highest BCUT2D eigenvalue weighted by Gasteiger charge is 2.18. The lowest BCUT2D eigenvalue weighted by Crippen LogP contribution is -2.32. The number of hydrogen-bond donors (Lipinski definition) is 2. The van der Waals surface area contributed by atoms with Gasteiger partial charge in [0.25, 0.3) is 0 Å². The van der Waals surface area contributed by atoms with E-state index < -0.39 is 15.8 Å².